The average Bonchev–Trinajstić information content (AvgIpc) is 2.50. The molecule has 2 heteroatoms. The van der Waals surface area contributed by atoms with Gasteiger partial charge in [0, 0.05) is 12.6 Å². The number of likely N-dealkylation sites (tertiary alicyclic amines) is 1. The van der Waals surface area contributed by atoms with Crippen LogP contribution in [0.1, 0.15) is 40.0 Å². The van der Waals surface area contributed by atoms with Crippen LogP contribution in [0.15, 0.2) is 0 Å². The first-order valence-electron chi connectivity index (χ1n) is 6.14. The summed E-state index contributed by atoms with van der Waals surface area (Å²) in [5, 5.41) is 3.46. The Labute approximate surface area is 89.1 Å². The van der Waals surface area contributed by atoms with Crippen molar-refractivity contribution < 1.29 is 0 Å². The summed E-state index contributed by atoms with van der Waals surface area (Å²) in [7, 11) is 0. The summed E-state index contributed by atoms with van der Waals surface area (Å²) < 4.78 is 0. The molecule has 2 nitrogen and oxygen atoms in total. The van der Waals surface area contributed by atoms with Crippen molar-refractivity contribution in [2.75, 3.05) is 26.2 Å². The highest BCUT2D eigenvalue weighted by atomic mass is 15.1. The lowest BCUT2D eigenvalue weighted by Crippen LogP contribution is -2.26. The summed E-state index contributed by atoms with van der Waals surface area (Å²) in [6.45, 7) is 11.9. The molecule has 1 aliphatic rings. The molecule has 0 amide bonds. The Morgan fingerprint density at radius 1 is 1.36 bits per heavy atom. The molecular weight excluding hydrogens is 172 g/mol. The Kier molecular flexibility index (Phi) is 5.49. The molecule has 1 heterocycles. The third-order valence-electron chi connectivity index (χ3n) is 2.96. The molecule has 0 aromatic carbocycles. The minimum absolute atomic E-state index is 0.641. The van der Waals surface area contributed by atoms with Crippen molar-refractivity contribution >= 4 is 0 Å². The molecule has 1 saturated heterocycles. The van der Waals surface area contributed by atoms with Crippen molar-refractivity contribution in [1.29, 1.82) is 0 Å². The molecule has 14 heavy (non-hydrogen) atoms. The van der Waals surface area contributed by atoms with Gasteiger partial charge in [0.05, 0.1) is 0 Å². The smallest absolute Gasteiger partial charge is 0.00103 e. The van der Waals surface area contributed by atoms with Crippen LogP contribution in [0, 0.1) is 5.92 Å². The second-order valence-corrected chi connectivity index (χ2v) is 5.01. The van der Waals surface area contributed by atoms with E-state index in [0.29, 0.717) is 6.04 Å². The lowest BCUT2D eigenvalue weighted by Gasteiger charge is -2.15. The van der Waals surface area contributed by atoms with Crippen LogP contribution in [0.5, 0.6) is 0 Å². The van der Waals surface area contributed by atoms with Gasteiger partial charge in [-0.2, -0.15) is 0 Å². The number of hydrogen-bond acceptors (Lipinski definition) is 2. The molecule has 1 unspecified atom stereocenters. The topological polar surface area (TPSA) is 15.3 Å². The second-order valence-electron chi connectivity index (χ2n) is 5.01. The summed E-state index contributed by atoms with van der Waals surface area (Å²) in [5.41, 5.74) is 0. The molecule has 1 aliphatic heterocycles. The zero-order chi connectivity index (χ0) is 10.4. The Morgan fingerprint density at radius 3 is 2.71 bits per heavy atom. The van der Waals surface area contributed by atoms with Crippen molar-refractivity contribution in [3.05, 3.63) is 0 Å². The van der Waals surface area contributed by atoms with Crippen molar-refractivity contribution in [2.45, 2.75) is 46.1 Å². The van der Waals surface area contributed by atoms with E-state index in [-0.39, 0.29) is 0 Å². The van der Waals surface area contributed by atoms with Gasteiger partial charge in [-0.1, -0.05) is 20.8 Å². The van der Waals surface area contributed by atoms with Crippen LogP contribution in [0.3, 0.4) is 0 Å². The largest absolute Gasteiger partial charge is 0.315 e. The van der Waals surface area contributed by atoms with Gasteiger partial charge in [0.25, 0.3) is 0 Å². The predicted molar refractivity (Wildman–Crippen MR) is 62.6 cm³/mol. The molecular formula is C12H26N2. The number of hydrogen-bond donors (Lipinski definition) is 1. The maximum atomic E-state index is 3.46. The molecule has 1 N–H and O–H groups in total. The molecule has 1 fully saturated rings. The van der Waals surface area contributed by atoms with Gasteiger partial charge in [0.15, 0.2) is 0 Å². The van der Waals surface area contributed by atoms with Crippen LogP contribution in [0.4, 0.5) is 0 Å². The Hall–Kier alpha value is -0.0800. The fourth-order valence-electron chi connectivity index (χ4n) is 2.08. The highest BCUT2D eigenvalue weighted by molar-refractivity contribution is 4.71. The number of unbranched alkanes of at least 4 members (excludes halogenated alkanes) is 1. The first-order chi connectivity index (χ1) is 6.68. The van der Waals surface area contributed by atoms with Crippen LogP contribution in [-0.2, 0) is 0 Å². The van der Waals surface area contributed by atoms with E-state index in [0.717, 1.165) is 5.92 Å². The van der Waals surface area contributed by atoms with E-state index >= 15 is 0 Å². The molecule has 1 rings (SSSR count). The summed E-state index contributed by atoms with van der Waals surface area (Å²) in [4.78, 5) is 2.61. The molecule has 1 atom stereocenters. The van der Waals surface area contributed by atoms with Crippen LogP contribution >= 0.6 is 0 Å². The van der Waals surface area contributed by atoms with Crippen molar-refractivity contribution in [3.8, 4) is 0 Å². The standard InChI is InChI=1S/C12H26N2/c1-11(2)13-7-4-5-8-14-9-6-12(3)10-14/h11-13H,4-10H2,1-3H3. The molecule has 0 aromatic rings. The highest BCUT2D eigenvalue weighted by Crippen LogP contribution is 2.14. The van der Waals surface area contributed by atoms with E-state index in [1.165, 1.54) is 45.4 Å². The maximum absolute atomic E-state index is 3.46. The van der Waals surface area contributed by atoms with Gasteiger partial charge in [-0.25, -0.2) is 0 Å². The van der Waals surface area contributed by atoms with Gasteiger partial charge < -0.3 is 10.2 Å². The third kappa shape index (κ3) is 4.97. The monoisotopic (exact) mass is 198 g/mol. The van der Waals surface area contributed by atoms with Crippen LogP contribution in [-0.4, -0.2) is 37.1 Å². The first-order valence-corrected chi connectivity index (χ1v) is 6.14. The van der Waals surface area contributed by atoms with E-state index in [1.807, 2.05) is 0 Å². The van der Waals surface area contributed by atoms with E-state index in [2.05, 4.69) is 31.0 Å². The van der Waals surface area contributed by atoms with Crippen LogP contribution in [0.25, 0.3) is 0 Å². The first kappa shape index (κ1) is 12.0. The fraction of sp³-hybridized carbons (Fsp3) is 1.00. The van der Waals surface area contributed by atoms with Crippen LogP contribution < -0.4 is 5.32 Å². The SMILES string of the molecule is CC1CCN(CCCCNC(C)C)C1. The Bertz CT molecular complexity index is 145. The van der Waals surface area contributed by atoms with Gasteiger partial charge in [-0.05, 0) is 44.8 Å². The Balaban J connectivity index is 1.89. The third-order valence-corrected chi connectivity index (χ3v) is 2.96. The van der Waals surface area contributed by atoms with Gasteiger partial charge in [0.1, 0.15) is 0 Å². The van der Waals surface area contributed by atoms with E-state index in [1.54, 1.807) is 0 Å². The second kappa shape index (κ2) is 6.41. The van der Waals surface area contributed by atoms with Crippen molar-refractivity contribution in [3.63, 3.8) is 0 Å². The van der Waals surface area contributed by atoms with Gasteiger partial charge in [-0.15, -0.1) is 0 Å². The quantitative estimate of drug-likeness (QED) is 0.658. The molecule has 0 bridgehead atoms. The minimum atomic E-state index is 0.641. The van der Waals surface area contributed by atoms with E-state index in [4.69, 9.17) is 0 Å². The van der Waals surface area contributed by atoms with Crippen molar-refractivity contribution in [2.24, 2.45) is 5.92 Å². The lowest BCUT2D eigenvalue weighted by molar-refractivity contribution is 0.318. The van der Waals surface area contributed by atoms with Gasteiger partial charge >= 0.3 is 0 Å². The number of nitrogens with one attached hydrogen (secondary N) is 1. The highest BCUT2D eigenvalue weighted by Gasteiger charge is 2.17. The lowest BCUT2D eigenvalue weighted by atomic mass is 10.2. The van der Waals surface area contributed by atoms with E-state index < -0.39 is 0 Å². The van der Waals surface area contributed by atoms with Gasteiger partial charge in [0.2, 0.25) is 0 Å². The fourth-order valence-corrected chi connectivity index (χ4v) is 2.08. The summed E-state index contributed by atoms with van der Waals surface area (Å²) in [5.74, 6) is 0.934. The predicted octanol–water partition coefficient (Wildman–Crippen LogP) is 2.11. The summed E-state index contributed by atoms with van der Waals surface area (Å²) in [6.07, 6.45) is 4.08. The van der Waals surface area contributed by atoms with Gasteiger partial charge in [-0.3, -0.25) is 0 Å². The molecule has 0 saturated carbocycles. The molecule has 0 radical (unpaired) electrons. The minimum Gasteiger partial charge on any atom is -0.315 e. The normalized spacial score (nSPS) is 23.6. The maximum Gasteiger partial charge on any atom is 0.00103 e. The number of nitrogens with zero attached hydrogens (tertiary/aromatic N) is 1. The van der Waals surface area contributed by atoms with Crippen molar-refractivity contribution in [1.82, 2.24) is 10.2 Å². The zero-order valence-corrected chi connectivity index (χ0v) is 10.1. The van der Waals surface area contributed by atoms with Crippen LogP contribution in [0.2, 0.25) is 0 Å². The zero-order valence-electron chi connectivity index (χ0n) is 10.1. The molecule has 0 aliphatic carbocycles. The molecule has 0 aromatic heterocycles. The number of rotatable bonds is 6. The average molecular weight is 198 g/mol. The summed E-state index contributed by atoms with van der Waals surface area (Å²) >= 11 is 0. The molecule has 0 spiro atoms. The summed E-state index contributed by atoms with van der Waals surface area (Å²) in [6, 6.07) is 0.641. The Morgan fingerprint density at radius 2 is 2.14 bits per heavy atom. The van der Waals surface area contributed by atoms with E-state index in [9.17, 15) is 0 Å². The molecule has 84 valence electrons.